The van der Waals surface area contributed by atoms with Crippen molar-refractivity contribution in [3.63, 3.8) is 0 Å². The van der Waals surface area contributed by atoms with Crippen molar-refractivity contribution in [2.45, 2.75) is 233 Å². The number of hydrogen-bond donors (Lipinski definition) is 0. The number of unbranched alkanes of at least 4 members (excludes halogenated alkanes) is 24. The van der Waals surface area contributed by atoms with Crippen LogP contribution in [0, 0.1) is 0 Å². The Morgan fingerprint density at radius 2 is 0.648 bits per heavy atom. The van der Waals surface area contributed by atoms with Crippen LogP contribution in [0.3, 0.4) is 0 Å². The van der Waals surface area contributed by atoms with E-state index in [-0.39, 0.29) is 31.0 Å². The predicted molar refractivity (Wildman–Crippen MR) is 238 cm³/mol. The summed E-state index contributed by atoms with van der Waals surface area (Å²) in [5.41, 5.74) is 4.56. The smallest absolute Gasteiger partial charge is 0.353 e. The van der Waals surface area contributed by atoms with E-state index in [2.05, 4.69) is 39.8 Å². The number of benzene rings is 2. The van der Waals surface area contributed by atoms with Crippen LogP contribution in [-0.4, -0.2) is 38.0 Å². The van der Waals surface area contributed by atoms with E-state index in [1.54, 1.807) is 0 Å². The minimum Gasteiger partial charge on any atom is -0.353 e. The van der Waals surface area contributed by atoms with Gasteiger partial charge in [-0.3, -0.25) is 0 Å². The van der Waals surface area contributed by atoms with E-state index in [1.807, 2.05) is 24.3 Å². The van der Waals surface area contributed by atoms with Crippen LogP contribution in [0.4, 0.5) is 0 Å². The Hall–Kier alpha value is -1.01. The Labute approximate surface area is 359 Å². The summed E-state index contributed by atoms with van der Waals surface area (Å²) in [6, 6.07) is 12.0. The molecule has 0 aliphatic carbocycles. The SMILES string of the molecule is CCCCCCCCCc1cccc(OS(=O)(=O)Oc2cccc(CCCCCCCCC)c2CCCCCCCCC)c1CCCCCCCCC.[HH].[Na]. The standard InChI is InChI=1S/C48H82O4S.Na.H2/c1-5-9-13-17-21-25-29-35-43-37-33-41-47(45(43)39-31-27-23-19-15-11-7-3)51-53(49,50)52-48-42-34-38-44(36-30-26-22-18-14-10-6-2)46(48)40-32-28-24-20-16-12-8-4;;/h33-34,37-38,41-42H,5-32,35-36,39-40H2,1-4H3;;1H. The predicted octanol–water partition coefficient (Wildman–Crippen LogP) is 15.4. The minimum absolute atomic E-state index is 0. The van der Waals surface area contributed by atoms with Crippen molar-refractivity contribution >= 4 is 40.0 Å². The molecule has 307 valence electrons. The maximum absolute atomic E-state index is 13.8. The summed E-state index contributed by atoms with van der Waals surface area (Å²) in [4.78, 5) is 0. The van der Waals surface area contributed by atoms with E-state index in [1.165, 1.54) is 152 Å². The van der Waals surface area contributed by atoms with Gasteiger partial charge in [0.25, 0.3) is 0 Å². The van der Waals surface area contributed by atoms with Gasteiger partial charge >= 0.3 is 10.4 Å². The monoisotopic (exact) mass is 780 g/mol. The number of hydrogen-bond acceptors (Lipinski definition) is 4. The molecule has 0 spiro atoms. The zero-order valence-electron chi connectivity index (χ0n) is 36.1. The number of aryl methyl sites for hydroxylation is 2. The van der Waals surface area contributed by atoms with Gasteiger partial charge in [-0.1, -0.05) is 206 Å². The van der Waals surface area contributed by atoms with Gasteiger partial charge in [0, 0.05) is 31.0 Å². The molecule has 1 radical (unpaired) electrons. The molecule has 0 saturated heterocycles. The summed E-state index contributed by atoms with van der Waals surface area (Å²) >= 11 is 0. The zero-order valence-corrected chi connectivity index (χ0v) is 38.9. The van der Waals surface area contributed by atoms with Gasteiger partial charge in [-0.2, -0.15) is 0 Å². The van der Waals surface area contributed by atoms with Crippen LogP contribution in [0.1, 0.15) is 231 Å². The van der Waals surface area contributed by atoms with Gasteiger partial charge in [-0.15, -0.1) is 8.42 Å². The minimum atomic E-state index is -4.33. The van der Waals surface area contributed by atoms with Gasteiger partial charge in [0.05, 0.1) is 0 Å². The molecule has 0 saturated carbocycles. The summed E-state index contributed by atoms with van der Waals surface area (Å²) in [6.07, 6.45) is 38.4. The van der Waals surface area contributed by atoms with Crippen LogP contribution >= 0.6 is 0 Å². The van der Waals surface area contributed by atoms with E-state index >= 15 is 0 Å². The second-order valence-corrected chi connectivity index (χ2v) is 17.0. The van der Waals surface area contributed by atoms with Crippen LogP contribution in [0.2, 0.25) is 0 Å². The molecule has 0 N–H and O–H groups in total. The second kappa shape index (κ2) is 34.1. The van der Waals surface area contributed by atoms with Gasteiger partial charge < -0.3 is 8.37 Å². The first kappa shape index (κ1) is 51.0. The largest absolute Gasteiger partial charge is 0.501 e. The summed E-state index contributed by atoms with van der Waals surface area (Å²) in [7, 11) is -4.33. The van der Waals surface area contributed by atoms with Gasteiger partial charge in [0.15, 0.2) is 0 Å². The Morgan fingerprint density at radius 1 is 0.389 bits per heavy atom. The van der Waals surface area contributed by atoms with Gasteiger partial charge in [-0.25, -0.2) is 0 Å². The van der Waals surface area contributed by atoms with Crippen molar-refractivity contribution in [1.29, 1.82) is 0 Å². The topological polar surface area (TPSA) is 52.6 Å². The zero-order chi connectivity index (χ0) is 38.2. The normalized spacial score (nSPS) is 11.5. The third-order valence-corrected chi connectivity index (χ3v) is 11.8. The number of rotatable bonds is 36. The van der Waals surface area contributed by atoms with Crippen LogP contribution in [0.5, 0.6) is 11.5 Å². The Balaban J connectivity index is 0.0000146. The molecule has 2 rings (SSSR count). The maximum Gasteiger partial charge on any atom is 0.501 e. The molecule has 6 heteroatoms. The summed E-state index contributed by atoms with van der Waals surface area (Å²) in [6.45, 7) is 9.04. The van der Waals surface area contributed by atoms with Crippen molar-refractivity contribution in [3.8, 4) is 11.5 Å². The maximum atomic E-state index is 13.8. The van der Waals surface area contributed by atoms with Crippen molar-refractivity contribution in [1.82, 2.24) is 0 Å². The van der Waals surface area contributed by atoms with Crippen LogP contribution < -0.4 is 8.37 Å². The molecule has 0 amide bonds. The van der Waals surface area contributed by atoms with Crippen LogP contribution in [0.25, 0.3) is 0 Å². The van der Waals surface area contributed by atoms with E-state index < -0.39 is 10.4 Å². The fraction of sp³-hybridized carbons (Fsp3) is 0.750. The molecule has 0 unspecified atom stereocenters. The average Bonchev–Trinajstić information content (AvgIpc) is 3.14. The first-order chi connectivity index (χ1) is 26.0. The molecular formula is C48H84NaO4S. The third kappa shape index (κ3) is 23.9. The molecule has 54 heavy (non-hydrogen) atoms. The molecule has 0 bridgehead atoms. The third-order valence-electron chi connectivity index (χ3n) is 11.0. The first-order valence-corrected chi connectivity index (χ1v) is 24.1. The van der Waals surface area contributed by atoms with Gasteiger partial charge in [0.1, 0.15) is 11.5 Å². The van der Waals surface area contributed by atoms with E-state index in [0.717, 1.165) is 75.3 Å². The summed E-state index contributed by atoms with van der Waals surface area (Å²) in [5.74, 6) is 0.897. The Morgan fingerprint density at radius 3 is 0.944 bits per heavy atom. The van der Waals surface area contributed by atoms with Crippen LogP contribution in [0.15, 0.2) is 36.4 Å². The molecule has 0 atom stereocenters. The molecule has 0 aliphatic rings. The van der Waals surface area contributed by atoms with E-state index in [0.29, 0.717) is 11.5 Å². The fourth-order valence-corrected chi connectivity index (χ4v) is 8.50. The van der Waals surface area contributed by atoms with E-state index in [9.17, 15) is 8.42 Å². The van der Waals surface area contributed by atoms with Gasteiger partial charge in [-0.05, 0) is 85.8 Å². The summed E-state index contributed by atoms with van der Waals surface area (Å²) in [5, 5.41) is 0. The van der Waals surface area contributed by atoms with Gasteiger partial charge in [0.2, 0.25) is 0 Å². The molecule has 2 aromatic rings. The Kier molecular flexibility index (Phi) is 32.2. The summed E-state index contributed by atoms with van der Waals surface area (Å²) < 4.78 is 39.4. The van der Waals surface area contributed by atoms with Crippen molar-refractivity contribution in [3.05, 3.63) is 58.7 Å². The van der Waals surface area contributed by atoms with Crippen molar-refractivity contribution < 1.29 is 18.2 Å². The molecule has 0 aromatic heterocycles. The van der Waals surface area contributed by atoms with E-state index in [4.69, 9.17) is 8.37 Å². The Bertz CT molecular complexity index is 1190. The fourth-order valence-electron chi connectivity index (χ4n) is 7.71. The van der Waals surface area contributed by atoms with Crippen molar-refractivity contribution in [2.75, 3.05) is 0 Å². The average molecular weight is 780 g/mol. The molecule has 0 fully saturated rings. The molecule has 0 heterocycles. The molecular weight excluding hydrogens is 696 g/mol. The van der Waals surface area contributed by atoms with Crippen molar-refractivity contribution in [2.24, 2.45) is 0 Å². The quantitative estimate of drug-likeness (QED) is 0.0510. The molecule has 0 aliphatic heterocycles. The first-order valence-electron chi connectivity index (χ1n) is 22.8. The molecule has 4 nitrogen and oxygen atoms in total. The molecule has 2 aromatic carbocycles. The van der Waals surface area contributed by atoms with Crippen LogP contribution in [-0.2, 0) is 36.1 Å². The second-order valence-electron chi connectivity index (χ2n) is 15.8.